The third-order valence-electron chi connectivity index (χ3n) is 6.98. The molecule has 3 aromatic heterocycles. The van der Waals surface area contributed by atoms with E-state index in [9.17, 15) is 4.39 Å². The number of halogens is 1. The Kier molecular flexibility index (Phi) is 5.77. The van der Waals surface area contributed by atoms with Gasteiger partial charge in [0.15, 0.2) is 0 Å². The Bertz CT molecular complexity index is 1530. The van der Waals surface area contributed by atoms with Crippen LogP contribution in [-0.2, 0) is 11.3 Å². The van der Waals surface area contributed by atoms with Gasteiger partial charge in [-0.15, -0.1) is 0 Å². The summed E-state index contributed by atoms with van der Waals surface area (Å²) in [5.41, 5.74) is 9.27. The van der Waals surface area contributed by atoms with Gasteiger partial charge in [0.05, 0.1) is 25.5 Å². The predicted octanol–water partition coefficient (Wildman–Crippen LogP) is 5.73. The standard InChI is InChI=1S/C29H28FN5O/c1-19-28(20(2)35(33-19)18-21-4-3-5-24(30)14-21)27-17-32-29-26(27)15-23(16-31-29)22-6-8-25(9-7-22)34-10-12-36-13-11-34/h3-9,14-17H,10-13,18H2,1-2H3,(H,31,32). The van der Waals surface area contributed by atoms with E-state index in [1.54, 1.807) is 12.1 Å². The normalized spacial score (nSPS) is 14.0. The Morgan fingerprint density at radius 3 is 2.58 bits per heavy atom. The molecule has 1 saturated heterocycles. The van der Waals surface area contributed by atoms with Crippen molar-refractivity contribution in [2.45, 2.75) is 20.4 Å². The van der Waals surface area contributed by atoms with E-state index in [1.807, 2.05) is 30.1 Å². The molecule has 0 bridgehead atoms. The molecule has 2 aromatic carbocycles. The highest BCUT2D eigenvalue weighted by molar-refractivity contribution is 5.97. The highest BCUT2D eigenvalue weighted by Gasteiger charge is 2.18. The van der Waals surface area contributed by atoms with E-state index in [-0.39, 0.29) is 5.82 Å². The van der Waals surface area contributed by atoms with Crippen molar-refractivity contribution in [3.63, 3.8) is 0 Å². The van der Waals surface area contributed by atoms with Crippen LogP contribution in [0.5, 0.6) is 0 Å². The fourth-order valence-electron chi connectivity index (χ4n) is 5.10. The highest BCUT2D eigenvalue weighted by atomic mass is 19.1. The second-order valence-electron chi connectivity index (χ2n) is 9.30. The second-order valence-corrected chi connectivity index (χ2v) is 9.30. The van der Waals surface area contributed by atoms with Gasteiger partial charge in [-0.05, 0) is 55.3 Å². The van der Waals surface area contributed by atoms with Gasteiger partial charge in [-0.1, -0.05) is 24.3 Å². The van der Waals surface area contributed by atoms with Crippen LogP contribution in [0.25, 0.3) is 33.3 Å². The van der Waals surface area contributed by atoms with Crippen molar-refractivity contribution in [2.75, 3.05) is 31.2 Å². The number of aromatic amines is 1. The zero-order chi connectivity index (χ0) is 24.6. The molecule has 0 aliphatic carbocycles. The van der Waals surface area contributed by atoms with Crippen molar-refractivity contribution in [1.82, 2.24) is 19.7 Å². The van der Waals surface area contributed by atoms with Crippen LogP contribution in [0.4, 0.5) is 10.1 Å². The molecular formula is C29H28FN5O. The summed E-state index contributed by atoms with van der Waals surface area (Å²) >= 11 is 0. The second kappa shape index (κ2) is 9.24. The maximum Gasteiger partial charge on any atom is 0.137 e. The first kappa shape index (κ1) is 22.5. The van der Waals surface area contributed by atoms with Crippen LogP contribution in [0.2, 0.25) is 0 Å². The van der Waals surface area contributed by atoms with Gasteiger partial charge in [0.1, 0.15) is 11.5 Å². The molecule has 0 spiro atoms. The molecule has 7 heteroatoms. The fourth-order valence-corrected chi connectivity index (χ4v) is 5.10. The molecule has 4 heterocycles. The van der Waals surface area contributed by atoms with Crippen LogP contribution in [0.1, 0.15) is 17.0 Å². The Morgan fingerprint density at radius 1 is 1.00 bits per heavy atom. The maximum atomic E-state index is 13.7. The number of fused-ring (bicyclic) bond motifs is 1. The van der Waals surface area contributed by atoms with Crippen LogP contribution in [-0.4, -0.2) is 46.1 Å². The molecule has 0 atom stereocenters. The average molecular weight is 482 g/mol. The van der Waals surface area contributed by atoms with Crippen LogP contribution in [0.15, 0.2) is 67.0 Å². The van der Waals surface area contributed by atoms with Gasteiger partial charge in [-0.2, -0.15) is 5.10 Å². The predicted molar refractivity (Wildman–Crippen MR) is 141 cm³/mol. The van der Waals surface area contributed by atoms with Gasteiger partial charge < -0.3 is 14.6 Å². The molecule has 0 unspecified atom stereocenters. The van der Waals surface area contributed by atoms with Gasteiger partial charge in [0.2, 0.25) is 0 Å². The lowest BCUT2D eigenvalue weighted by Gasteiger charge is -2.28. The average Bonchev–Trinajstić information content (AvgIpc) is 3.43. The fraction of sp³-hybridized carbons (Fsp3) is 0.241. The van der Waals surface area contributed by atoms with Crippen molar-refractivity contribution < 1.29 is 9.13 Å². The molecular weight excluding hydrogens is 453 g/mol. The molecule has 6 rings (SSSR count). The topological polar surface area (TPSA) is 59.0 Å². The number of hydrogen-bond donors (Lipinski definition) is 1. The van der Waals surface area contributed by atoms with E-state index in [0.29, 0.717) is 6.54 Å². The number of nitrogens with zero attached hydrogens (tertiary/aromatic N) is 4. The van der Waals surface area contributed by atoms with E-state index >= 15 is 0 Å². The van der Waals surface area contributed by atoms with Crippen molar-refractivity contribution in [3.05, 3.63) is 89.8 Å². The summed E-state index contributed by atoms with van der Waals surface area (Å²) in [6, 6.07) is 17.5. The quantitative estimate of drug-likeness (QED) is 0.348. The summed E-state index contributed by atoms with van der Waals surface area (Å²) in [4.78, 5) is 10.4. The minimum absolute atomic E-state index is 0.234. The van der Waals surface area contributed by atoms with Crippen molar-refractivity contribution in [3.8, 4) is 22.3 Å². The van der Waals surface area contributed by atoms with Crippen LogP contribution >= 0.6 is 0 Å². The van der Waals surface area contributed by atoms with E-state index in [2.05, 4.69) is 47.1 Å². The molecule has 0 radical (unpaired) electrons. The number of morpholine rings is 1. The van der Waals surface area contributed by atoms with E-state index in [0.717, 1.165) is 76.5 Å². The Morgan fingerprint density at radius 2 is 1.81 bits per heavy atom. The van der Waals surface area contributed by atoms with Crippen molar-refractivity contribution in [1.29, 1.82) is 0 Å². The monoisotopic (exact) mass is 481 g/mol. The summed E-state index contributed by atoms with van der Waals surface area (Å²) in [6.07, 6.45) is 3.92. The van der Waals surface area contributed by atoms with Gasteiger partial charge in [0.25, 0.3) is 0 Å². The van der Waals surface area contributed by atoms with E-state index in [1.165, 1.54) is 11.8 Å². The molecule has 0 saturated carbocycles. The number of pyridine rings is 1. The molecule has 36 heavy (non-hydrogen) atoms. The Hall–Kier alpha value is -3.97. The highest BCUT2D eigenvalue weighted by Crippen LogP contribution is 2.35. The number of aryl methyl sites for hydroxylation is 1. The first-order valence-corrected chi connectivity index (χ1v) is 12.3. The lowest BCUT2D eigenvalue weighted by atomic mass is 10.0. The summed E-state index contributed by atoms with van der Waals surface area (Å²) in [7, 11) is 0. The lowest BCUT2D eigenvalue weighted by Crippen LogP contribution is -2.36. The van der Waals surface area contributed by atoms with E-state index < -0.39 is 0 Å². The first-order chi connectivity index (χ1) is 17.6. The van der Waals surface area contributed by atoms with Crippen LogP contribution < -0.4 is 4.90 Å². The number of rotatable bonds is 5. The smallest absolute Gasteiger partial charge is 0.137 e. The third-order valence-corrected chi connectivity index (χ3v) is 6.98. The minimum Gasteiger partial charge on any atom is -0.378 e. The number of H-pyrrole nitrogens is 1. The Balaban J connectivity index is 1.33. The van der Waals surface area contributed by atoms with Crippen LogP contribution in [0, 0.1) is 19.7 Å². The summed E-state index contributed by atoms with van der Waals surface area (Å²) < 4.78 is 21.1. The molecule has 1 N–H and O–H groups in total. The minimum atomic E-state index is -0.234. The molecule has 0 amide bonds. The zero-order valence-electron chi connectivity index (χ0n) is 20.5. The summed E-state index contributed by atoms with van der Waals surface area (Å²) in [5, 5.41) is 5.84. The molecule has 1 fully saturated rings. The first-order valence-electron chi connectivity index (χ1n) is 12.3. The number of ether oxygens (including phenoxy) is 1. The molecule has 6 nitrogen and oxygen atoms in total. The van der Waals surface area contributed by atoms with Gasteiger partial charge in [0, 0.05) is 58.9 Å². The number of anilines is 1. The van der Waals surface area contributed by atoms with E-state index in [4.69, 9.17) is 14.8 Å². The maximum absolute atomic E-state index is 13.7. The number of nitrogens with one attached hydrogen (secondary N) is 1. The van der Waals surface area contributed by atoms with Crippen molar-refractivity contribution >= 4 is 16.7 Å². The zero-order valence-corrected chi connectivity index (χ0v) is 20.5. The Labute approximate surface area is 209 Å². The number of benzene rings is 2. The molecule has 1 aliphatic rings. The lowest BCUT2D eigenvalue weighted by molar-refractivity contribution is 0.122. The van der Waals surface area contributed by atoms with Gasteiger partial charge >= 0.3 is 0 Å². The molecule has 182 valence electrons. The molecule has 1 aliphatic heterocycles. The summed E-state index contributed by atoms with van der Waals surface area (Å²) in [5.74, 6) is -0.234. The van der Waals surface area contributed by atoms with Crippen molar-refractivity contribution in [2.24, 2.45) is 0 Å². The summed E-state index contributed by atoms with van der Waals surface area (Å²) in [6.45, 7) is 7.99. The largest absolute Gasteiger partial charge is 0.378 e. The number of hydrogen-bond acceptors (Lipinski definition) is 4. The van der Waals surface area contributed by atoms with Gasteiger partial charge in [-0.3, -0.25) is 4.68 Å². The number of aromatic nitrogens is 4. The van der Waals surface area contributed by atoms with Crippen LogP contribution in [0.3, 0.4) is 0 Å². The molecule has 5 aromatic rings. The third kappa shape index (κ3) is 4.16. The SMILES string of the molecule is Cc1nn(Cc2cccc(F)c2)c(C)c1-c1c[nH]c2ncc(-c3ccc(N4CCOCC4)cc3)cc12. The van der Waals surface area contributed by atoms with Gasteiger partial charge in [-0.25, -0.2) is 9.37 Å².